The van der Waals surface area contributed by atoms with Crippen LogP contribution in [0.2, 0.25) is 0 Å². The summed E-state index contributed by atoms with van der Waals surface area (Å²) >= 11 is 2.61. The Kier molecular flexibility index (Phi) is 5.73. The summed E-state index contributed by atoms with van der Waals surface area (Å²) in [6, 6.07) is 7.92. The highest BCUT2D eigenvalue weighted by Gasteiger charge is 2.08. The highest BCUT2D eigenvalue weighted by Crippen LogP contribution is 2.27. The van der Waals surface area contributed by atoms with E-state index in [0.29, 0.717) is 9.47 Å². The van der Waals surface area contributed by atoms with Gasteiger partial charge in [-0.3, -0.25) is 9.59 Å². The van der Waals surface area contributed by atoms with Crippen LogP contribution in [0.3, 0.4) is 0 Å². The maximum Gasteiger partial charge on any atom is 0.236 e. The van der Waals surface area contributed by atoms with Gasteiger partial charge in [0, 0.05) is 5.69 Å². The molecule has 4 N–H and O–H groups in total. The Morgan fingerprint density at radius 2 is 2.00 bits per heavy atom. The Hall–Kier alpha value is -2.13. The van der Waals surface area contributed by atoms with Crippen LogP contribution in [-0.4, -0.2) is 34.3 Å². The van der Waals surface area contributed by atoms with E-state index in [0.717, 1.165) is 5.69 Å². The van der Waals surface area contributed by atoms with Crippen LogP contribution in [0.15, 0.2) is 28.6 Å². The number of primary amides is 1. The lowest BCUT2D eigenvalue weighted by molar-refractivity contribution is -0.123. The van der Waals surface area contributed by atoms with E-state index in [1.165, 1.54) is 28.7 Å². The van der Waals surface area contributed by atoms with Crippen LogP contribution < -0.4 is 16.4 Å². The number of hydrogen-bond acceptors (Lipinski definition) is 7. The molecule has 0 fully saturated rings. The number of aromatic nitrogens is 2. The molecule has 0 saturated heterocycles. The van der Waals surface area contributed by atoms with Gasteiger partial charge in [0.1, 0.15) is 0 Å². The van der Waals surface area contributed by atoms with Gasteiger partial charge in [-0.25, -0.2) is 0 Å². The molecule has 0 unspecified atom stereocenters. The molecule has 7 nitrogen and oxygen atoms in total. The van der Waals surface area contributed by atoms with Crippen molar-refractivity contribution in [2.24, 2.45) is 5.73 Å². The average Bonchev–Trinajstić information content (AvgIpc) is 2.93. The largest absolute Gasteiger partial charge is 0.368 e. The predicted octanol–water partition coefficient (Wildman–Crippen LogP) is 1.28. The highest BCUT2D eigenvalue weighted by molar-refractivity contribution is 8.01. The summed E-state index contributed by atoms with van der Waals surface area (Å²) in [7, 11) is 0. The van der Waals surface area contributed by atoms with Gasteiger partial charge in [0.2, 0.25) is 16.9 Å². The SMILES string of the molecule is Cc1ccc(Nc2nnc(SCC(=O)NCC(N)=O)s2)cc1. The first kappa shape index (κ1) is 16.2. The molecule has 1 heterocycles. The van der Waals surface area contributed by atoms with Gasteiger partial charge in [-0.2, -0.15) is 0 Å². The molecular formula is C13H15N5O2S2. The number of benzene rings is 1. The van der Waals surface area contributed by atoms with E-state index in [1.807, 2.05) is 31.2 Å². The normalized spacial score (nSPS) is 10.2. The third-order valence-corrected chi connectivity index (χ3v) is 4.47. The fourth-order valence-electron chi connectivity index (χ4n) is 1.44. The molecule has 22 heavy (non-hydrogen) atoms. The van der Waals surface area contributed by atoms with Gasteiger partial charge < -0.3 is 16.4 Å². The monoisotopic (exact) mass is 337 g/mol. The van der Waals surface area contributed by atoms with Gasteiger partial charge in [0.05, 0.1) is 12.3 Å². The molecule has 116 valence electrons. The quantitative estimate of drug-likeness (QED) is 0.657. The fraction of sp³-hybridized carbons (Fsp3) is 0.231. The molecule has 0 atom stereocenters. The number of nitrogens with two attached hydrogens (primary N) is 1. The lowest BCUT2D eigenvalue weighted by Gasteiger charge is -2.01. The molecule has 9 heteroatoms. The van der Waals surface area contributed by atoms with E-state index in [-0.39, 0.29) is 18.2 Å². The molecule has 0 saturated carbocycles. The number of amides is 2. The lowest BCUT2D eigenvalue weighted by Crippen LogP contribution is -2.34. The minimum atomic E-state index is -0.571. The minimum absolute atomic E-state index is 0.157. The predicted molar refractivity (Wildman–Crippen MR) is 87.3 cm³/mol. The Labute approximate surface area is 135 Å². The van der Waals surface area contributed by atoms with Crippen LogP contribution in [0.4, 0.5) is 10.8 Å². The van der Waals surface area contributed by atoms with E-state index in [9.17, 15) is 9.59 Å². The molecule has 0 spiro atoms. The van der Waals surface area contributed by atoms with E-state index < -0.39 is 5.91 Å². The van der Waals surface area contributed by atoms with Crippen molar-refractivity contribution in [2.45, 2.75) is 11.3 Å². The van der Waals surface area contributed by atoms with Crippen molar-refractivity contribution in [3.63, 3.8) is 0 Å². The molecule has 2 rings (SSSR count). The zero-order valence-corrected chi connectivity index (χ0v) is 13.5. The third-order valence-electron chi connectivity index (χ3n) is 2.50. The Morgan fingerprint density at radius 3 is 2.68 bits per heavy atom. The third kappa shape index (κ3) is 5.34. The molecule has 0 aliphatic carbocycles. The van der Waals surface area contributed by atoms with Crippen molar-refractivity contribution >= 4 is 45.7 Å². The van der Waals surface area contributed by atoms with E-state index in [2.05, 4.69) is 20.8 Å². The smallest absolute Gasteiger partial charge is 0.236 e. The number of carbonyl (C=O) groups excluding carboxylic acids is 2. The first-order valence-electron chi connectivity index (χ1n) is 6.38. The van der Waals surface area contributed by atoms with Crippen molar-refractivity contribution in [3.8, 4) is 0 Å². The molecule has 0 radical (unpaired) electrons. The highest BCUT2D eigenvalue weighted by atomic mass is 32.2. The lowest BCUT2D eigenvalue weighted by atomic mass is 10.2. The van der Waals surface area contributed by atoms with Crippen LogP contribution in [0.25, 0.3) is 0 Å². The van der Waals surface area contributed by atoms with Crippen LogP contribution in [0.5, 0.6) is 0 Å². The number of nitrogens with zero attached hydrogens (tertiary/aromatic N) is 2. The molecule has 2 aromatic rings. The number of carbonyl (C=O) groups is 2. The summed E-state index contributed by atoms with van der Waals surface area (Å²) in [6.07, 6.45) is 0. The number of anilines is 2. The van der Waals surface area contributed by atoms with Gasteiger partial charge in [-0.1, -0.05) is 40.8 Å². The molecular weight excluding hydrogens is 322 g/mol. The zero-order valence-electron chi connectivity index (χ0n) is 11.8. The summed E-state index contributed by atoms with van der Waals surface area (Å²) in [5.41, 5.74) is 7.05. The second kappa shape index (κ2) is 7.76. The fourth-order valence-corrected chi connectivity index (χ4v) is 3.05. The number of thioether (sulfide) groups is 1. The average molecular weight is 337 g/mol. The van der Waals surface area contributed by atoms with E-state index in [4.69, 9.17) is 5.73 Å². The standard InChI is InChI=1S/C13H15N5O2S2/c1-8-2-4-9(5-3-8)16-12-17-18-13(22-12)21-7-11(20)15-6-10(14)19/h2-5H,6-7H2,1H3,(H2,14,19)(H,15,20)(H,16,17). The summed E-state index contributed by atoms with van der Waals surface area (Å²) in [5, 5.41) is 14.2. The van der Waals surface area contributed by atoms with Gasteiger partial charge >= 0.3 is 0 Å². The van der Waals surface area contributed by atoms with Crippen molar-refractivity contribution in [2.75, 3.05) is 17.6 Å². The second-order valence-corrected chi connectivity index (χ2v) is 6.60. The second-order valence-electron chi connectivity index (χ2n) is 4.40. The maximum atomic E-state index is 11.5. The molecule has 1 aromatic heterocycles. The van der Waals surface area contributed by atoms with E-state index >= 15 is 0 Å². The summed E-state index contributed by atoms with van der Waals surface area (Å²) in [6.45, 7) is 1.86. The molecule has 0 aliphatic rings. The first-order valence-corrected chi connectivity index (χ1v) is 8.18. The number of rotatable bonds is 7. The van der Waals surface area contributed by atoms with Gasteiger partial charge in [0.15, 0.2) is 4.34 Å². The van der Waals surface area contributed by atoms with Crippen LogP contribution in [0.1, 0.15) is 5.56 Å². The minimum Gasteiger partial charge on any atom is -0.368 e. The number of nitrogens with one attached hydrogen (secondary N) is 2. The summed E-state index contributed by atoms with van der Waals surface area (Å²) in [4.78, 5) is 22.0. The Bertz CT molecular complexity index is 657. The van der Waals surface area contributed by atoms with Gasteiger partial charge in [0.25, 0.3) is 0 Å². The molecule has 2 amide bonds. The first-order chi connectivity index (χ1) is 10.5. The van der Waals surface area contributed by atoms with Crippen LogP contribution in [0, 0.1) is 6.92 Å². The zero-order chi connectivity index (χ0) is 15.9. The topological polar surface area (TPSA) is 110 Å². The van der Waals surface area contributed by atoms with Crippen LogP contribution >= 0.6 is 23.1 Å². The maximum absolute atomic E-state index is 11.5. The van der Waals surface area contributed by atoms with Crippen LogP contribution in [-0.2, 0) is 9.59 Å². The summed E-state index contributed by atoms with van der Waals surface area (Å²) < 4.78 is 0.670. The van der Waals surface area contributed by atoms with Crippen molar-refractivity contribution in [1.82, 2.24) is 15.5 Å². The Morgan fingerprint density at radius 1 is 1.27 bits per heavy atom. The Balaban J connectivity index is 1.82. The van der Waals surface area contributed by atoms with Crippen molar-refractivity contribution < 1.29 is 9.59 Å². The van der Waals surface area contributed by atoms with Gasteiger partial charge in [-0.15, -0.1) is 10.2 Å². The summed E-state index contributed by atoms with van der Waals surface area (Å²) in [5.74, 6) is -0.683. The molecule has 1 aromatic carbocycles. The van der Waals surface area contributed by atoms with Crippen molar-refractivity contribution in [1.29, 1.82) is 0 Å². The molecule has 0 bridgehead atoms. The number of aryl methyl sites for hydroxylation is 1. The van der Waals surface area contributed by atoms with E-state index in [1.54, 1.807) is 0 Å². The number of hydrogen-bond donors (Lipinski definition) is 3. The van der Waals surface area contributed by atoms with Gasteiger partial charge in [-0.05, 0) is 19.1 Å². The molecule has 0 aliphatic heterocycles. The van der Waals surface area contributed by atoms with Crippen molar-refractivity contribution in [3.05, 3.63) is 29.8 Å².